The molecule has 2 aromatic rings. The minimum Gasteiger partial charge on any atom is -0.490 e. The van der Waals surface area contributed by atoms with Crippen LogP contribution >= 0.6 is 23.2 Å². The fourth-order valence-corrected chi connectivity index (χ4v) is 5.55. The third-order valence-electron chi connectivity index (χ3n) is 7.45. The number of hydrogen-bond donors (Lipinski definition) is 1. The highest BCUT2D eigenvalue weighted by atomic mass is 35.5. The lowest BCUT2D eigenvalue weighted by atomic mass is 9.92. The van der Waals surface area contributed by atoms with Crippen LogP contribution in [0.25, 0.3) is 0 Å². The normalized spacial score (nSPS) is 18.7. The van der Waals surface area contributed by atoms with Crippen LogP contribution in [0.4, 0.5) is 8.78 Å². The number of nitrogens with zero attached hydrogens (tertiary/aromatic N) is 1. The highest BCUT2D eigenvalue weighted by Gasteiger charge is 2.39. The first kappa shape index (κ1) is 27.2. The van der Waals surface area contributed by atoms with E-state index in [2.05, 4.69) is 11.8 Å². The molecule has 2 aromatic carbocycles. The van der Waals surface area contributed by atoms with Crippen molar-refractivity contribution < 1.29 is 23.4 Å². The van der Waals surface area contributed by atoms with Crippen LogP contribution in [-0.2, 0) is 6.42 Å². The predicted octanol–water partition coefficient (Wildman–Crippen LogP) is 7.99. The zero-order valence-corrected chi connectivity index (χ0v) is 22.3. The number of aromatic carboxylic acids is 1. The third kappa shape index (κ3) is 6.15. The first-order valence-corrected chi connectivity index (χ1v) is 13.5. The molecule has 1 aliphatic heterocycles. The van der Waals surface area contributed by atoms with Gasteiger partial charge in [0.25, 0.3) is 0 Å². The summed E-state index contributed by atoms with van der Waals surface area (Å²) < 4.78 is 37.2. The van der Waals surface area contributed by atoms with Gasteiger partial charge in [-0.1, -0.05) is 36.5 Å². The largest absolute Gasteiger partial charge is 0.490 e. The lowest BCUT2D eigenvalue weighted by molar-refractivity contribution is 0.00587. The van der Waals surface area contributed by atoms with E-state index in [9.17, 15) is 9.90 Å². The van der Waals surface area contributed by atoms with E-state index in [0.717, 1.165) is 24.8 Å². The molecule has 8 heteroatoms. The minimum atomic E-state index is -1.55. The first-order chi connectivity index (χ1) is 17.1. The highest BCUT2D eigenvalue weighted by molar-refractivity contribution is 6.34. The Hall–Kier alpha value is -1.89. The summed E-state index contributed by atoms with van der Waals surface area (Å²) in [5, 5.41) is 10.7. The molecule has 2 fully saturated rings. The van der Waals surface area contributed by atoms with E-state index in [1.54, 1.807) is 6.07 Å². The lowest BCUT2D eigenvalue weighted by Crippen LogP contribution is -2.45. The third-order valence-corrected chi connectivity index (χ3v) is 7.89. The maximum absolute atomic E-state index is 15.9. The van der Waals surface area contributed by atoms with E-state index in [0.29, 0.717) is 47.3 Å². The summed E-state index contributed by atoms with van der Waals surface area (Å²) >= 11 is 12.3. The zero-order chi connectivity index (χ0) is 26.0. The maximum Gasteiger partial charge on any atom is 0.338 e. The molecule has 1 N–H and O–H groups in total. The molecule has 196 valence electrons. The molecule has 0 radical (unpaired) electrons. The molecule has 0 spiro atoms. The summed E-state index contributed by atoms with van der Waals surface area (Å²) in [6.45, 7) is 4.94. The molecule has 4 rings (SSSR count). The van der Waals surface area contributed by atoms with Crippen molar-refractivity contribution in [2.75, 3.05) is 19.7 Å². The monoisotopic (exact) mass is 539 g/mol. The number of piperidine rings is 1. The van der Waals surface area contributed by atoms with Crippen molar-refractivity contribution in [3.63, 3.8) is 0 Å². The maximum atomic E-state index is 15.9. The van der Waals surface area contributed by atoms with Crippen molar-refractivity contribution in [2.45, 2.75) is 76.4 Å². The number of likely N-dealkylation sites (tertiary alicyclic amines) is 1. The van der Waals surface area contributed by atoms with Gasteiger partial charge in [0.1, 0.15) is 23.8 Å². The molecule has 0 amide bonds. The molecule has 36 heavy (non-hydrogen) atoms. The SMILES string of the molecule is CCCCc1c(F)c(C(=O)O)cc(C2CC2)c1OCC1(F)CCN([C@H](C)c2cc(Cl)cc(Cl)c2)CC1. The van der Waals surface area contributed by atoms with Crippen LogP contribution in [0.5, 0.6) is 5.75 Å². The zero-order valence-electron chi connectivity index (χ0n) is 20.8. The topological polar surface area (TPSA) is 49.8 Å². The molecule has 4 nitrogen and oxygen atoms in total. The number of carboxylic acids is 1. The Morgan fingerprint density at radius 2 is 1.83 bits per heavy atom. The van der Waals surface area contributed by atoms with E-state index in [1.165, 1.54) is 6.07 Å². The van der Waals surface area contributed by atoms with Crippen LogP contribution in [0, 0.1) is 5.82 Å². The van der Waals surface area contributed by atoms with Gasteiger partial charge in [0.2, 0.25) is 0 Å². The summed E-state index contributed by atoms with van der Waals surface area (Å²) in [5.74, 6) is -1.55. The van der Waals surface area contributed by atoms with E-state index >= 15 is 8.78 Å². The highest BCUT2D eigenvalue weighted by Crippen LogP contribution is 2.47. The number of rotatable bonds is 10. The number of carboxylic acid groups (broad SMARTS) is 1. The molecule has 0 aromatic heterocycles. The quantitative estimate of drug-likeness (QED) is 0.332. The Morgan fingerprint density at radius 1 is 1.19 bits per heavy atom. The number of unbranched alkanes of at least 4 members (excludes halogenated alkanes) is 1. The van der Waals surface area contributed by atoms with Crippen molar-refractivity contribution in [2.24, 2.45) is 0 Å². The van der Waals surface area contributed by atoms with Gasteiger partial charge < -0.3 is 9.84 Å². The van der Waals surface area contributed by atoms with E-state index in [4.69, 9.17) is 27.9 Å². The van der Waals surface area contributed by atoms with Gasteiger partial charge in [-0.05, 0) is 86.8 Å². The Balaban J connectivity index is 1.49. The average molecular weight is 540 g/mol. The van der Waals surface area contributed by atoms with Crippen molar-refractivity contribution in [1.82, 2.24) is 4.90 Å². The van der Waals surface area contributed by atoms with Crippen LogP contribution in [0.2, 0.25) is 10.0 Å². The van der Waals surface area contributed by atoms with Gasteiger partial charge >= 0.3 is 5.97 Å². The number of carbonyl (C=O) groups is 1. The number of hydrogen-bond acceptors (Lipinski definition) is 3. The summed E-state index contributed by atoms with van der Waals surface area (Å²) in [6, 6.07) is 6.88. The van der Waals surface area contributed by atoms with Crippen LogP contribution in [-0.4, -0.2) is 41.3 Å². The molecule has 1 saturated heterocycles. The number of ether oxygens (including phenoxy) is 1. The standard InChI is InChI=1S/C28H33Cl2F2NO3/c1-3-4-5-22-25(31)24(27(34)35)15-23(18-6-7-18)26(22)36-16-28(32)8-10-33(11-9-28)17(2)19-12-20(29)14-21(30)13-19/h12-15,17-18H,3-11,16H2,1-2H3,(H,34,35)/t17-/m1/s1. The minimum absolute atomic E-state index is 0.0337. The van der Waals surface area contributed by atoms with Crippen molar-refractivity contribution >= 4 is 29.2 Å². The van der Waals surface area contributed by atoms with Gasteiger partial charge in [0.15, 0.2) is 0 Å². The number of alkyl halides is 1. The molecule has 2 aliphatic rings. The molecule has 1 atom stereocenters. The van der Waals surface area contributed by atoms with Crippen LogP contribution < -0.4 is 4.74 Å². The Kier molecular flexibility index (Phi) is 8.48. The number of halogens is 4. The Bertz CT molecular complexity index is 1090. The summed E-state index contributed by atoms with van der Waals surface area (Å²) in [7, 11) is 0. The second-order valence-electron chi connectivity index (χ2n) is 10.2. The first-order valence-electron chi connectivity index (χ1n) is 12.7. The molecular formula is C28H33Cl2F2NO3. The fraction of sp³-hybridized carbons (Fsp3) is 0.536. The van der Waals surface area contributed by atoms with Gasteiger partial charge in [-0.2, -0.15) is 0 Å². The summed E-state index contributed by atoms with van der Waals surface area (Å²) in [6.07, 6.45) is 4.25. The van der Waals surface area contributed by atoms with Crippen molar-refractivity contribution in [3.8, 4) is 5.75 Å². The molecule has 1 aliphatic carbocycles. The van der Waals surface area contributed by atoms with Gasteiger partial charge in [-0.15, -0.1) is 0 Å². The molecule has 0 unspecified atom stereocenters. The van der Waals surface area contributed by atoms with E-state index < -0.39 is 17.5 Å². The van der Waals surface area contributed by atoms with Gasteiger partial charge in [0.05, 0.1) is 5.56 Å². The molecular weight excluding hydrogens is 507 g/mol. The average Bonchev–Trinajstić information content (AvgIpc) is 3.67. The van der Waals surface area contributed by atoms with E-state index in [-0.39, 0.29) is 42.5 Å². The molecule has 0 bridgehead atoms. The summed E-state index contributed by atoms with van der Waals surface area (Å²) in [5.41, 5.74) is 0.0819. The van der Waals surface area contributed by atoms with Crippen molar-refractivity contribution in [3.05, 3.63) is 62.4 Å². The van der Waals surface area contributed by atoms with Crippen LogP contribution in [0.3, 0.4) is 0 Å². The van der Waals surface area contributed by atoms with Crippen LogP contribution in [0.15, 0.2) is 24.3 Å². The fourth-order valence-electron chi connectivity index (χ4n) is 5.01. The summed E-state index contributed by atoms with van der Waals surface area (Å²) in [4.78, 5) is 13.9. The smallest absolute Gasteiger partial charge is 0.338 e. The molecule has 1 saturated carbocycles. The van der Waals surface area contributed by atoms with Crippen LogP contribution in [0.1, 0.15) is 91.4 Å². The lowest BCUT2D eigenvalue weighted by Gasteiger charge is -2.39. The van der Waals surface area contributed by atoms with Gasteiger partial charge in [-0.25, -0.2) is 13.6 Å². The Labute approximate surface area is 221 Å². The second-order valence-corrected chi connectivity index (χ2v) is 11.0. The molecule has 1 heterocycles. The van der Waals surface area contributed by atoms with Gasteiger partial charge in [-0.3, -0.25) is 4.90 Å². The number of benzene rings is 2. The van der Waals surface area contributed by atoms with E-state index in [1.807, 2.05) is 19.1 Å². The predicted molar refractivity (Wildman–Crippen MR) is 139 cm³/mol. The second kappa shape index (κ2) is 11.2. The van der Waals surface area contributed by atoms with Crippen molar-refractivity contribution in [1.29, 1.82) is 0 Å². The Morgan fingerprint density at radius 3 is 2.39 bits per heavy atom. The van der Waals surface area contributed by atoms with Gasteiger partial charge in [0, 0.05) is 34.7 Å².